The Morgan fingerprint density at radius 1 is 1.40 bits per heavy atom. The van der Waals surface area contributed by atoms with Gasteiger partial charge in [-0.05, 0) is 26.0 Å². The number of carbonyl (C=O) groups excluding carboxylic acids is 2. The number of urea groups is 1. The zero-order valence-corrected chi connectivity index (χ0v) is 15.0. The Hall–Kier alpha value is -2.12. The highest BCUT2D eigenvalue weighted by Crippen LogP contribution is 2.36. The number of methoxy groups -OCH3 is 1. The number of hydrogen-bond acceptors (Lipinski definition) is 4. The minimum absolute atomic E-state index is 0.0336. The van der Waals surface area contributed by atoms with E-state index in [4.69, 9.17) is 21.1 Å². The van der Waals surface area contributed by atoms with Crippen LogP contribution in [-0.2, 0) is 14.3 Å². The van der Waals surface area contributed by atoms with E-state index >= 15 is 0 Å². The first kappa shape index (κ1) is 19.2. The Bertz CT molecular complexity index is 688. The molecule has 0 radical (unpaired) electrons. The second-order valence-electron chi connectivity index (χ2n) is 5.39. The first-order valence-electron chi connectivity index (χ1n) is 7.81. The molecular formula is C17H20ClFN2O4. The van der Waals surface area contributed by atoms with Crippen molar-refractivity contribution in [3.8, 4) is 0 Å². The monoisotopic (exact) mass is 370 g/mol. The molecular weight excluding hydrogens is 351 g/mol. The molecule has 0 aliphatic carbocycles. The van der Waals surface area contributed by atoms with Crippen molar-refractivity contribution in [1.82, 2.24) is 10.2 Å². The summed E-state index contributed by atoms with van der Waals surface area (Å²) >= 11 is 6.13. The van der Waals surface area contributed by atoms with Crippen molar-refractivity contribution >= 4 is 23.6 Å². The Kier molecular flexibility index (Phi) is 6.39. The van der Waals surface area contributed by atoms with Crippen LogP contribution in [0.5, 0.6) is 0 Å². The molecule has 1 aliphatic heterocycles. The van der Waals surface area contributed by atoms with Crippen LogP contribution < -0.4 is 5.32 Å². The van der Waals surface area contributed by atoms with Crippen molar-refractivity contribution in [1.29, 1.82) is 0 Å². The van der Waals surface area contributed by atoms with Crippen LogP contribution in [0.4, 0.5) is 9.18 Å². The molecule has 0 spiro atoms. The molecule has 25 heavy (non-hydrogen) atoms. The molecule has 1 heterocycles. The summed E-state index contributed by atoms with van der Waals surface area (Å²) in [6, 6.07) is 2.72. The lowest BCUT2D eigenvalue weighted by molar-refractivity contribution is -0.140. The van der Waals surface area contributed by atoms with Crippen LogP contribution in [-0.4, -0.2) is 43.8 Å². The summed E-state index contributed by atoms with van der Waals surface area (Å²) < 4.78 is 24.4. The topological polar surface area (TPSA) is 67.9 Å². The number of ether oxygens (including phenoxy) is 2. The lowest BCUT2D eigenvalue weighted by atomic mass is 9.94. The zero-order chi connectivity index (χ0) is 18.6. The molecule has 0 unspecified atom stereocenters. The molecule has 1 aromatic rings. The minimum Gasteiger partial charge on any atom is -0.460 e. The van der Waals surface area contributed by atoms with Gasteiger partial charge in [-0.25, -0.2) is 14.0 Å². The van der Waals surface area contributed by atoms with Gasteiger partial charge in [0, 0.05) is 29.9 Å². The number of nitrogens with one attached hydrogen (secondary N) is 1. The average Bonchev–Trinajstić information content (AvgIpc) is 2.55. The number of rotatable bonds is 6. The maximum atomic E-state index is 14.4. The Morgan fingerprint density at radius 3 is 2.72 bits per heavy atom. The maximum Gasteiger partial charge on any atom is 0.338 e. The molecule has 2 rings (SSSR count). The van der Waals surface area contributed by atoms with Crippen molar-refractivity contribution in [3.63, 3.8) is 0 Å². The fraction of sp³-hybridized carbons (Fsp3) is 0.412. The lowest BCUT2D eigenvalue weighted by Gasteiger charge is -2.35. The fourth-order valence-electron chi connectivity index (χ4n) is 2.72. The molecule has 0 fully saturated rings. The third-order valence-corrected chi connectivity index (χ3v) is 4.27. The largest absolute Gasteiger partial charge is 0.460 e. The molecule has 2 amide bonds. The van der Waals surface area contributed by atoms with E-state index in [1.54, 1.807) is 13.8 Å². The van der Waals surface area contributed by atoms with Crippen LogP contribution in [0.25, 0.3) is 0 Å². The Morgan fingerprint density at radius 2 is 2.12 bits per heavy atom. The molecule has 1 N–H and O–H groups in total. The quantitative estimate of drug-likeness (QED) is 0.617. The van der Waals surface area contributed by atoms with E-state index in [-0.39, 0.29) is 29.4 Å². The third kappa shape index (κ3) is 3.93. The molecule has 0 saturated carbocycles. The van der Waals surface area contributed by atoms with Crippen molar-refractivity contribution in [3.05, 3.63) is 45.9 Å². The number of halogens is 2. The van der Waals surface area contributed by atoms with Crippen molar-refractivity contribution < 1.29 is 23.5 Å². The highest BCUT2D eigenvalue weighted by atomic mass is 35.5. The number of carbonyl (C=O) groups is 2. The van der Waals surface area contributed by atoms with Crippen LogP contribution in [0.3, 0.4) is 0 Å². The van der Waals surface area contributed by atoms with Gasteiger partial charge in [0.1, 0.15) is 12.4 Å². The van der Waals surface area contributed by atoms with Gasteiger partial charge in [0.2, 0.25) is 0 Å². The van der Waals surface area contributed by atoms with Crippen LogP contribution >= 0.6 is 11.6 Å². The number of hydrogen-bond donors (Lipinski definition) is 1. The van der Waals surface area contributed by atoms with Gasteiger partial charge in [0.15, 0.2) is 0 Å². The van der Waals surface area contributed by atoms with Crippen LogP contribution in [0.15, 0.2) is 29.5 Å². The summed E-state index contributed by atoms with van der Waals surface area (Å²) in [7, 11) is 1.49. The SMILES string of the molecule is CCN1C(=O)N[C@@H](c2c(F)cccc2Cl)C(C(=O)OCCOC)=C1C. The summed E-state index contributed by atoms with van der Waals surface area (Å²) in [5, 5.41) is 2.76. The number of benzene rings is 1. The zero-order valence-electron chi connectivity index (χ0n) is 14.3. The van der Waals surface area contributed by atoms with E-state index in [2.05, 4.69) is 5.32 Å². The van der Waals surface area contributed by atoms with Gasteiger partial charge in [-0.3, -0.25) is 4.90 Å². The van der Waals surface area contributed by atoms with Gasteiger partial charge in [-0.2, -0.15) is 0 Å². The molecule has 1 aromatic carbocycles. The third-order valence-electron chi connectivity index (χ3n) is 3.94. The standard InChI is InChI=1S/C17H20ClFN2O4/c1-4-21-10(2)13(16(22)25-9-8-24-3)15(20-17(21)23)14-11(18)6-5-7-12(14)19/h5-7,15H,4,8-9H2,1-3H3,(H,20,23)/t15-/m1/s1. The van der Waals surface area contributed by atoms with Crippen LogP contribution in [0, 0.1) is 5.82 Å². The van der Waals surface area contributed by atoms with E-state index in [0.717, 1.165) is 0 Å². The summed E-state index contributed by atoms with van der Waals surface area (Å²) in [5.74, 6) is -1.27. The molecule has 1 aliphatic rings. The second kappa shape index (κ2) is 8.31. The van der Waals surface area contributed by atoms with Crippen molar-refractivity contribution in [2.45, 2.75) is 19.9 Å². The van der Waals surface area contributed by atoms with E-state index < -0.39 is 23.9 Å². The molecule has 0 saturated heterocycles. The Balaban J connectivity index is 2.50. The summed E-state index contributed by atoms with van der Waals surface area (Å²) in [4.78, 5) is 26.3. The van der Waals surface area contributed by atoms with Gasteiger partial charge in [-0.1, -0.05) is 17.7 Å². The predicted octanol–water partition coefficient (Wildman–Crippen LogP) is 3.03. The molecule has 0 bridgehead atoms. The minimum atomic E-state index is -1.03. The lowest BCUT2D eigenvalue weighted by Crippen LogP contribution is -2.48. The maximum absolute atomic E-state index is 14.4. The number of amides is 2. The van der Waals surface area contributed by atoms with Gasteiger partial charge >= 0.3 is 12.0 Å². The van der Waals surface area contributed by atoms with Crippen LogP contribution in [0.1, 0.15) is 25.5 Å². The Labute approximate surface area is 150 Å². The smallest absolute Gasteiger partial charge is 0.338 e. The normalized spacial score (nSPS) is 17.6. The number of nitrogens with zero attached hydrogens (tertiary/aromatic N) is 1. The predicted molar refractivity (Wildman–Crippen MR) is 90.6 cm³/mol. The highest BCUT2D eigenvalue weighted by Gasteiger charge is 2.38. The molecule has 0 aromatic heterocycles. The average molecular weight is 371 g/mol. The van der Waals surface area contributed by atoms with E-state index in [0.29, 0.717) is 12.2 Å². The van der Waals surface area contributed by atoms with Crippen molar-refractivity contribution in [2.75, 3.05) is 26.9 Å². The van der Waals surface area contributed by atoms with Crippen LogP contribution in [0.2, 0.25) is 5.02 Å². The number of allylic oxidation sites excluding steroid dienone is 1. The van der Waals surface area contributed by atoms with Gasteiger partial charge in [-0.15, -0.1) is 0 Å². The van der Waals surface area contributed by atoms with E-state index in [9.17, 15) is 14.0 Å². The second-order valence-corrected chi connectivity index (χ2v) is 5.80. The van der Waals surface area contributed by atoms with Gasteiger partial charge < -0.3 is 14.8 Å². The summed E-state index contributed by atoms with van der Waals surface area (Å²) in [6.45, 7) is 4.02. The van der Waals surface area contributed by atoms with E-state index in [1.807, 2.05) is 0 Å². The summed E-state index contributed by atoms with van der Waals surface area (Å²) in [6.07, 6.45) is 0. The van der Waals surface area contributed by atoms with Crippen molar-refractivity contribution in [2.24, 2.45) is 0 Å². The molecule has 1 atom stereocenters. The molecule has 8 heteroatoms. The fourth-order valence-corrected chi connectivity index (χ4v) is 3.00. The number of esters is 1. The first-order valence-corrected chi connectivity index (χ1v) is 8.18. The van der Waals surface area contributed by atoms with Gasteiger partial charge in [0.25, 0.3) is 0 Å². The first-order chi connectivity index (χ1) is 11.9. The summed E-state index contributed by atoms with van der Waals surface area (Å²) in [5.41, 5.74) is 0.578. The highest BCUT2D eigenvalue weighted by molar-refractivity contribution is 6.31. The van der Waals surface area contributed by atoms with E-state index in [1.165, 1.54) is 30.2 Å². The molecule has 6 nitrogen and oxygen atoms in total. The van der Waals surface area contributed by atoms with Gasteiger partial charge in [0.05, 0.1) is 18.2 Å². The molecule has 136 valence electrons.